The molecule has 4 nitrogen and oxygen atoms in total. The van der Waals surface area contributed by atoms with Crippen LogP contribution in [0.3, 0.4) is 0 Å². The molecule has 1 aliphatic rings. The highest BCUT2D eigenvalue weighted by Crippen LogP contribution is 2.18. The summed E-state index contributed by atoms with van der Waals surface area (Å²) in [7, 11) is -1.19. The molecule has 21 heavy (non-hydrogen) atoms. The molecule has 0 saturated carbocycles. The Morgan fingerprint density at radius 2 is 1.86 bits per heavy atom. The first-order chi connectivity index (χ1) is 10.0. The monoisotopic (exact) mass is 374 g/mol. The minimum atomic E-state index is -3.18. The number of sulfone groups is 1. The predicted octanol–water partition coefficient (Wildman–Crippen LogP) is 2.15. The van der Waals surface area contributed by atoms with Crippen molar-refractivity contribution in [2.24, 2.45) is 5.92 Å². The zero-order valence-corrected chi connectivity index (χ0v) is 14.8. The Morgan fingerprint density at radius 1 is 1.24 bits per heavy atom. The summed E-state index contributed by atoms with van der Waals surface area (Å²) >= 11 is 3.32. The van der Waals surface area contributed by atoms with E-state index >= 15 is 0 Å². The van der Waals surface area contributed by atoms with Crippen molar-refractivity contribution in [1.82, 2.24) is 10.2 Å². The molecule has 1 heterocycles. The first kappa shape index (κ1) is 16.9. The van der Waals surface area contributed by atoms with Crippen molar-refractivity contribution in [3.8, 4) is 0 Å². The topological polar surface area (TPSA) is 49.4 Å². The van der Waals surface area contributed by atoms with Gasteiger partial charge in [-0.3, -0.25) is 0 Å². The SMILES string of the molecule is CNCC1CCN(CCS(=O)(=O)c2ccc(Br)cc2)CC1. The molecular weight excluding hydrogens is 352 g/mol. The summed E-state index contributed by atoms with van der Waals surface area (Å²) in [5.41, 5.74) is 0. The van der Waals surface area contributed by atoms with Crippen molar-refractivity contribution in [2.75, 3.05) is 39.0 Å². The number of hydrogen-bond acceptors (Lipinski definition) is 4. The maximum absolute atomic E-state index is 12.3. The molecule has 2 rings (SSSR count). The van der Waals surface area contributed by atoms with E-state index in [4.69, 9.17) is 0 Å². The quantitative estimate of drug-likeness (QED) is 0.828. The van der Waals surface area contributed by atoms with Gasteiger partial charge in [-0.25, -0.2) is 8.42 Å². The molecule has 1 fully saturated rings. The summed E-state index contributed by atoms with van der Waals surface area (Å²) in [5, 5.41) is 3.22. The molecule has 0 atom stereocenters. The molecule has 0 amide bonds. The van der Waals surface area contributed by atoms with Gasteiger partial charge in [-0.1, -0.05) is 15.9 Å². The molecule has 0 spiro atoms. The molecule has 0 bridgehead atoms. The molecule has 1 N–H and O–H groups in total. The molecule has 1 aromatic rings. The van der Waals surface area contributed by atoms with E-state index in [1.807, 2.05) is 7.05 Å². The van der Waals surface area contributed by atoms with Gasteiger partial charge in [0.05, 0.1) is 10.6 Å². The van der Waals surface area contributed by atoms with Crippen LogP contribution >= 0.6 is 15.9 Å². The van der Waals surface area contributed by atoms with E-state index < -0.39 is 9.84 Å². The molecule has 0 aromatic heterocycles. The van der Waals surface area contributed by atoms with Crippen molar-refractivity contribution in [1.29, 1.82) is 0 Å². The lowest BCUT2D eigenvalue weighted by atomic mass is 9.97. The number of nitrogens with one attached hydrogen (secondary N) is 1. The van der Waals surface area contributed by atoms with Gasteiger partial charge in [-0.05, 0) is 69.7 Å². The van der Waals surface area contributed by atoms with Gasteiger partial charge in [0.15, 0.2) is 9.84 Å². The second-order valence-electron chi connectivity index (χ2n) is 5.62. The van der Waals surface area contributed by atoms with Crippen molar-refractivity contribution in [3.63, 3.8) is 0 Å². The van der Waals surface area contributed by atoms with Gasteiger partial charge >= 0.3 is 0 Å². The molecule has 0 unspecified atom stereocenters. The van der Waals surface area contributed by atoms with Crippen LogP contribution < -0.4 is 5.32 Å². The summed E-state index contributed by atoms with van der Waals surface area (Å²) in [4.78, 5) is 2.68. The standard InChI is InChI=1S/C15H23BrN2O2S/c1-17-12-13-6-8-18(9-7-13)10-11-21(19,20)15-4-2-14(16)3-5-15/h2-5,13,17H,6-12H2,1H3. The molecule has 1 saturated heterocycles. The lowest BCUT2D eigenvalue weighted by molar-refractivity contribution is 0.192. The number of nitrogens with zero attached hydrogens (tertiary/aromatic N) is 1. The third kappa shape index (κ3) is 5.06. The third-order valence-electron chi connectivity index (χ3n) is 4.05. The number of benzene rings is 1. The highest BCUT2D eigenvalue weighted by atomic mass is 79.9. The predicted molar refractivity (Wildman–Crippen MR) is 89.3 cm³/mol. The smallest absolute Gasteiger partial charge is 0.179 e. The van der Waals surface area contributed by atoms with Crippen molar-refractivity contribution >= 4 is 25.8 Å². The lowest BCUT2D eigenvalue weighted by Crippen LogP contribution is -2.39. The van der Waals surface area contributed by atoms with Crippen LogP contribution in [0.4, 0.5) is 0 Å². The van der Waals surface area contributed by atoms with E-state index in [0.717, 1.165) is 42.9 Å². The van der Waals surface area contributed by atoms with Crippen LogP contribution in [0.15, 0.2) is 33.6 Å². The fourth-order valence-electron chi connectivity index (χ4n) is 2.71. The molecular formula is C15H23BrN2O2S. The van der Waals surface area contributed by atoms with Gasteiger partial charge < -0.3 is 10.2 Å². The maximum Gasteiger partial charge on any atom is 0.179 e. The van der Waals surface area contributed by atoms with Crippen LogP contribution in [-0.2, 0) is 9.84 Å². The number of halogens is 1. The minimum absolute atomic E-state index is 0.200. The molecule has 1 aromatic carbocycles. The van der Waals surface area contributed by atoms with E-state index in [-0.39, 0.29) is 5.75 Å². The van der Waals surface area contributed by atoms with E-state index in [1.165, 1.54) is 0 Å². The van der Waals surface area contributed by atoms with E-state index in [9.17, 15) is 8.42 Å². The van der Waals surface area contributed by atoms with E-state index in [1.54, 1.807) is 24.3 Å². The fourth-order valence-corrected chi connectivity index (χ4v) is 4.26. The average molecular weight is 375 g/mol. The Balaban J connectivity index is 1.84. The highest BCUT2D eigenvalue weighted by molar-refractivity contribution is 9.10. The average Bonchev–Trinajstić information content (AvgIpc) is 2.47. The number of piperidine rings is 1. The largest absolute Gasteiger partial charge is 0.319 e. The zero-order valence-electron chi connectivity index (χ0n) is 12.4. The number of likely N-dealkylation sites (tertiary alicyclic amines) is 1. The first-order valence-electron chi connectivity index (χ1n) is 7.36. The van der Waals surface area contributed by atoms with Gasteiger partial charge in [-0.15, -0.1) is 0 Å². The summed E-state index contributed by atoms with van der Waals surface area (Å²) in [5.74, 6) is 0.931. The summed E-state index contributed by atoms with van der Waals surface area (Å²) < 4.78 is 25.5. The van der Waals surface area contributed by atoms with Crippen LogP contribution in [0.25, 0.3) is 0 Å². The Bertz CT molecular complexity index is 537. The minimum Gasteiger partial charge on any atom is -0.319 e. The van der Waals surface area contributed by atoms with Crippen LogP contribution in [0.1, 0.15) is 12.8 Å². The Kier molecular flexibility index (Phi) is 6.22. The number of hydrogen-bond donors (Lipinski definition) is 1. The summed E-state index contributed by atoms with van der Waals surface area (Å²) in [6.45, 7) is 3.69. The highest BCUT2D eigenvalue weighted by Gasteiger charge is 2.21. The van der Waals surface area contributed by atoms with Gasteiger partial charge in [-0.2, -0.15) is 0 Å². The van der Waals surface area contributed by atoms with E-state index in [0.29, 0.717) is 11.4 Å². The third-order valence-corrected chi connectivity index (χ3v) is 6.29. The van der Waals surface area contributed by atoms with Crippen molar-refractivity contribution in [2.45, 2.75) is 17.7 Å². The number of rotatable bonds is 6. The van der Waals surface area contributed by atoms with Crippen molar-refractivity contribution in [3.05, 3.63) is 28.7 Å². The Morgan fingerprint density at radius 3 is 2.43 bits per heavy atom. The van der Waals surface area contributed by atoms with Crippen LogP contribution in [0.5, 0.6) is 0 Å². The molecule has 118 valence electrons. The van der Waals surface area contributed by atoms with Crippen molar-refractivity contribution < 1.29 is 8.42 Å². The molecule has 0 radical (unpaired) electrons. The van der Waals surface area contributed by atoms with Crippen LogP contribution in [0, 0.1) is 5.92 Å². The van der Waals surface area contributed by atoms with Gasteiger partial charge in [0, 0.05) is 11.0 Å². The maximum atomic E-state index is 12.3. The molecule has 6 heteroatoms. The normalized spacial score (nSPS) is 18.0. The van der Waals surface area contributed by atoms with Gasteiger partial charge in [0.1, 0.15) is 0 Å². The van der Waals surface area contributed by atoms with Gasteiger partial charge in [0.25, 0.3) is 0 Å². The summed E-state index contributed by atoms with van der Waals surface area (Å²) in [6.07, 6.45) is 2.30. The first-order valence-corrected chi connectivity index (χ1v) is 9.81. The summed E-state index contributed by atoms with van der Waals surface area (Å²) in [6, 6.07) is 6.88. The van der Waals surface area contributed by atoms with Gasteiger partial charge in [0.2, 0.25) is 0 Å². The Labute approximate surface area is 136 Å². The fraction of sp³-hybridized carbons (Fsp3) is 0.600. The zero-order chi connectivity index (χ0) is 15.3. The van der Waals surface area contributed by atoms with Crippen LogP contribution in [0.2, 0.25) is 0 Å². The van der Waals surface area contributed by atoms with Crippen LogP contribution in [-0.4, -0.2) is 52.3 Å². The molecule has 1 aliphatic heterocycles. The van der Waals surface area contributed by atoms with E-state index in [2.05, 4.69) is 26.1 Å². The second-order valence-corrected chi connectivity index (χ2v) is 8.64. The lowest BCUT2D eigenvalue weighted by Gasteiger charge is -2.31. The Hall–Kier alpha value is -0.430. The molecule has 0 aliphatic carbocycles. The second kappa shape index (κ2) is 7.72.